The van der Waals surface area contributed by atoms with Crippen LogP contribution < -0.4 is 10.1 Å². The molecule has 0 fully saturated rings. The quantitative estimate of drug-likeness (QED) is 0.749. The van der Waals surface area contributed by atoms with E-state index >= 15 is 0 Å². The highest BCUT2D eigenvalue weighted by atomic mass is 79.9. The first-order chi connectivity index (χ1) is 9.95. The standard InChI is InChI=1S/C14H12BrCl2NO2S/c1-8(12-4-5-13(17)21-12)18-14(19)7-20-11-3-2-9(16)6-10(11)15/h2-6,8H,7H2,1H3,(H,18,19). The van der Waals surface area contributed by atoms with Crippen molar-refractivity contribution < 1.29 is 9.53 Å². The zero-order chi connectivity index (χ0) is 15.4. The van der Waals surface area contributed by atoms with Crippen molar-refractivity contribution in [3.05, 3.63) is 49.0 Å². The van der Waals surface area contributed by atoms with Crippen molar-refractivity contribution in [2.45, 2.75) is 13.0 Å². The number of rotatable bonds is 5. The minimum Gasteiger partial charge on any atom is -0.483 e. The van der Waals surface area contributed by atoms with Gasteiger partial charge in [-0.25, -0.2) is 0 Å². The lowest BCUT2D eigenvalue weighted by atomic mass is 10.3. The van der Waals surface area contributed by atoms with Crippen LogP contribution in [0.25, 0.3) is 0 Å². The number of benzene rings is 1. The summed E-state index contributed by atoms with van der Waals surface area (Å²) in [4.78, 5) is 12.9. The first-order valence-electron chi connectivity index (χ1n) is 6.08. The average molecular weight is 409 g/mol. The summed E-state index contributed by atoms with van der Waals surface area (Å²) in [6.07, 6.45) is 0. The van der Waals surface area contributed by atoms with Gasteiger partial charge in [-0.05, 0) is 53.2 Å². The lowest BCUT2D eigenvalue weighted by Crippen LogP contribution is -2.30. The molecule has 1 aromatic heterocycles. The van der Waals surface area contributed by atoms with Gasteiger partial charge >= 0.3 is 0 Å². The number of amides is 1. The number of hydrogen-bond acceptors (Lipinski definition) is 3. The highest BCUT2D eigenvalue weighted by Gasteiger charge is 2.12. The fourth-order valence-corrected chi connectivity index (χ4v) is 3.51. The van der Waals surface area contributed by atoms with Crippen LogP contribution >= 0.6 is 50.5 Å². The molecular weight excluding hydrogens is 397 g/mol. The zero-order valence-corrected chi connectivity index (χ0v) is 14.9. The van der Waals surface area contributed by atoms with Crippen LogP contribution in [0.15, 0.2) is 34.8 Å². The number of nitrogens with one attached hydrogen (secondary N) is 1. The molecule has 0 spiro atoms. The first kappa shape index (κ1) is 16.6. The fourth-order valence-electron chi connectivity index (χ4n) is 1.65. The number of halogens is 3. The van der Waals surface area contributed by atoms with Gasteiger partial charge in [0, 0.05) is 9.90 Å². The maximum absolute atomic E-state index is 11.9. The summed E-state index contributed by atoms with van der Waals surface area (Å²) in [7, 11) is 0. The Morgan fingerprint density at radius 2 is 2.14 bits per heavy atom. The Labute approximate surface area is 145 Å². The smallest absolute Gasteiger partial charge is 0.258 e. The molecule has 7 heteroatoms. The molecule has 112 valence electrons. The van der Waals surface area contributed by atoms with Crippen LogP contribution in [0.1, 0.15) is 17.8 Å². The zero-order valence-electron chi connectivity index (χ0n) is 11.0. The molecule has 0 aliphatic rings. The van der Waals surface area contributed by atoms with Crippen LogP contribution in [0.3, 0.4) is 0 Å². The van der Waals surface area contributed by atoms with Crippen molar-refractivity contribution in [3.63, 3.8) is 0 Å². The maximum Gasteiger partial charge on any atom is 0.258 e. The molecule has 3 nitrogen and oxygen atoms in total. The molecule has 0 bridgehead atoms. The van der Waals surface area contributed by atoms with E-state index in [4.69, 9.17) is 27.9 Å². The third-order valence-electron chi connectivity index (χ3n) is 2.65. The summed E-state index contributed by atoms with van der Waals surface area (Å²) >= 11 is 16.5. The Balaban J connectivity index is 1.87. The van der Waals surface area contributed by atoms with Crippen molar-refractivity contribution in [1.82, 2.24) is 5.32 Å². The molecule has 2 rings (SSSR count). The number of carbonyl (C=O) groups excluding carboxylic acids is 1. The van der Waals surface area contributed by atoms with E-state index in [1.807, 2.05) is 19.1 Å². The molecule has 1 N–H and O–H groups in total. The van der Waals surface area contributed by atoms with Crippen LogP contribution in [-0.4, -0.2) is 12.5 Å². The van der Waals surface area contributed by atoms with Crippen LogP contribution in [0.2, 0.25) is 9.36 Å². The molecule has 1 aromatic carbocycles. The normalized spacial score (nSPS) is 12.0. The van der Waals surface area contributed by atoms with Gasteiger partial charge in [-0.1, -0.05) is 23.2 Å². The van der Waals surface area contributed by atoms with E-state index in [-0.39, 0.29) is 18.6 Å². The van der Waals surface area contributed by atoms with Gasteiger partial charge in [0.2, 0.25) is 0 Å². The van der Waals surface area contributed by atoms with Gasteiger partial charge in [-0.3, -0.25) is 4.79 Å². The summed E-state index contributed by atoms with van der Waals surface area (Å²) < 4.78 is 6.87. The van der Waals surface area contributed by atoms with Crippen molar-refractivity contribution in [1.29, 1.82) is 0 Å². The Morgan fingerprint density at radius 3 is 2.76 bits per heavy atom. The second kappa shape index (κ2) is 7.49. The monoisotopic (exact) mass is 407 g/mol. The summed E-state index contributed by atoms with van der Waals surface area (Å²) in [5.41, 5.74) is 0. The molecule has 2 aromatic rings. The fraction of sp³-hybridized carbons (Fsp3) is 0.214. The van der Waals surface area contributed by atoms with E-state index in [9.17, 15) is 4.79 Å². The minimum atomic E-state index is -0.200. The lowest BCUT2D eigenvalue weighted by molar-refractivity contribution is -0.123. The minimum absolute atomic E-state index is 0.0658. The second-order valence-electron chi connectivity index (χ2n) is 4.29. The van der Waals surface area contributed by atoms with E-state index < -0.39 is 0 Å². The van der Waals surface area contributed by atoms with Crippen molar-refractivity contribution in [3.8, 4) is 5.75 Å². The number of ether oxygens (including phenoxy) is 1. The molecule has 1 atom stereocenters. The van der Waals surface area contributed by atoms with Crippen LogP contribution in [0, 0.1) is 0 Å². The number of hydrogen-bond donors (Lipinski definition) is 1. The highest BCUT2D eigenvalue weighted by molar-refractivity contribution is 9.10. The third-order valence-corrected chi connectivity index (χ3v) is 4.92. The molecule has 0 radical (unpaired) electrons. The SMILES string of the molecule is CC(NC(=O)COc1ccc(Cl)cc1Br)c1ccc(Cl)s1. The Morgan fingerprint density at radius 1 is 1.38 bits per heavy atom. The van der Waals surface area contributed by atoms with Crippen molar-refractivity contribution in [2.24, 2.45) is 0 Å². The van der Waals surface area contributed by atoms with Gasteiger partial charge in [0.05, 0.1) is 14.9 Å². The van der Waals surface area contributed by atoms with Gasteiger partial charge in [0.25, 0.3) is 5.91 Å². The highest BCUT2D eigenvalue weighted by Crippen LogP contribution is 2.28. The molecule has 0 aliphatic carbocycles. The maximum atomic E-state index is 11.9. The number of carbonyl (C=O) groups is 1. The molecule has 1 amide bonds. The average Bonchev–Trinajstić information content (AvgIpc) is 2.84. The predicted molar refractivity (Wildman–Crippen MR) is 90.5 cm³/mol. The Bertz CT molecular complexity index is 648. The topological polar surface area (TPSA) is 38.3 Å². The van der Waals surface area contributed by atoms with E-state index in [1.54, 1.807) is 18.2 Å². The predicted octanol–water partition coefficient (Wildman–Crippen LogP) is 5.07. The van der Waals surface area contributed by atoms with Gasteiger partial charge in [-0.15, -0.1) is 11.3 Å². The molecule has 1 unspecified atom stereocenters. The van der Waals surface area contributed by atoms with Gasteiger partial charge in [0.1, 0.15) is 5.75 Å². The van der Waals surface area contributed by atoms with Crippen LogP contribution in [0.4, 0.5) is 0 Å². The number of thiophene rings is 1. The Hall–Kier alpha value is -0.750. The molecule has 1 heterocycles. The van der Waals surface area contributed by atoms with E-state index in [0.29, 0.717) is 19.6 Å². The molecule has 0 saturated carbocycles. The Kier molecular flexibility index (Phi) is 5.93. The van der Waals surface area contributed by atoms with Crippen molar-refractivity contribution >= 4 is 56.4 Å². The summed E-state index contributed by atoms with van der Waals surface area (Å²) in [6, 6.07) is 8.73. The van der Waals surface area contributed by atoms with E-state index in [0.717, 1.165) is 4.88 Å². The largest absolute Gasteiger partial charge is 0.483 e. The van der Waals surface area contributed by atoms with E-state index in [1.165, 1.54) is 11.3 Å². The summed E-state index contributed by atoms with van der Waals surface area (Å²) in [6.45, 7) is 1.84. The van der Waals surface area contributed by atoms with Crippen molar-refractivity contribution in [2.75, 3.05) is 6.61 Å². The molecule has 0 saturated heterocycles. The molecule has 0 aliphatic heterocycles. The third kappa shape index (κ3) is 4.88. The van der Waals surface area contributed by atoms with Crippen LogP contribution in [0.5, 0.6) is 5.75 Å². The van der Waals surface area contributed by atoms with E-state index in [2.05, 4.69) is 21.2 Å². The van der Waals surface area contributed by atoms with Gasteiger partial charge < -0.3 is 10.1 Å². The summed E-state index contributed by atoms with van der Waals surface area (Å²) in [5, 5.41) is 3.46. The molecule has 21 heavy (non-hydrogen) atoms. The van der Waals surface area contributed by atoms with Crippen LogP contribution in [-0.2, 0) is 4.79 Å². The summed E-state index contributed by atoms with van der Waals surface area (Å²) in [5.74, 6) is 0.371. The second-order valence-corrected chi connectivity index (χ2v) is 7.33. The lowest BCUT2D eigenvalue weighted by Gasteiger charge is -2.13. The molecular formula is C14H12BrCl2NO2S. The first-order valence-corrected chi connectivity index (χ1v) is 8.44. The van der Waals surface area contributed by atoms with Gasteiger partial charge in [-0.2, -0.15) is 0 Å². The van der Waals surface area contributed by atoms with Gasteiger partial charge in [0.15, 0.2) is 6.61 Å².